The Kier molecular flexibility index (Phi) is 8.75. The second-order valence-electron chi connectivity index (χ2n) is 12.1. The van der Waals surface area contributed by atoms with Crippen molar-refractivity contribution < 1.29 is 19.5 Å². The molecule has 0 atom stereocenters. The van der Waals surface area contributed by atoms with Gasteiger partial charge in [0.1, 0.15) is 0 Å². The van der Waals surface area contributed by atoms with Crippen molar-refractivity contribution in [3.63, 3.8) is 0 Å². The molecule has 0 saturated carbocycles. The molecule has 6 heteroatoms. The summed E-state index contributed by atoms with van der Waals surface area (Å²) >= 11 is 0. The Labute approximate surface area is 308 Å². The molecule has 5 heterocycles. The summed E-state index contributed by atoms with van der Waals surface area (Å²) in [5.74, 6) is 0. The molecule has 3 aromatic heterocycles. The van der Waals surface area contributed by atoms with Crippen molar-refractivity contribution in [1.29, 1.82) is 0 Å². The average Bonchev–Trinajstić information content (AvgIpc) is 4.01. The topological polar surface area (TPSA) is 66.3 Å². The van der Waals surface area contributed by atoms with E-state index in [0.29, 0.717) is 5.69 Å². The molecule has 236 valence electrons. The van der Waals surface area contributed by atoms with Crippen LogP contribution in [0, 0.1) is 0 Å². The quantitative estimate of drug-likeness (QED) is 0.132. The van der Waals surface area contributed by atoms with E-state index in [1.54, 1.807) is 0 Å². The predicted octanol–water partition coefficient (Wildman–Crippen LogP) is 10.4. The Morgan fingerprint density at radius 3 is 1.57 bits per heavy atom. The monoisotopic (exact) mass is 703 g/mol. The SMILES string of the molecule is C1=Cc2nc1cc1ccc([n-]1)c(-c1ccccc1)c1nc(c(N=C(c3ccccc3)c3ccccc3)c3ccc([n-]3)c2-c2ccccc2)C=C1.[Zn+2]. The molecule has 0 aliphatic carbocycles. The van der Waals surface area contributed by atoms with Crippen LogP contribution in [-0.4, -0.2) is 15.7 Å². The van der Waals surface area contributed by atoms with Gasteiger partial charge in [-0.15, -0.1) is 22.1 Å². The number of nitrogens with zero attached hydrogens (tertiary/aromatic N) is 5. The van der Waals surface area contributed by atoms with Gasteiger partial charge in [-0.05, 0) is 46.6 Å². The minimum absolute atomic E-state index is 0. The third-order valence-electron chi connectivity index (χ3n) is 8.85. The van der Waals surface area contributed by atoms with Gasteiger partial charge in [0.15, 0.2) is 0 Å². The van der Waals surface area contributed by atoms with Crippen LogP contribution < -0.4 is 9.97 Å². The second-order valence-corrected chi connectivity index (χ2v) is 12.1. The van der Waals surface area contributed by atoms with Gasteiger partial charge in [-0.3, -0.25) is 0 Å². The molecule has 0 N–H and O–H groups in total. The fraction of sp³-hybridized carbons (Fsp3) is 0. The van der Waals surface area contributed by atoms with E-state index >= 15 is 0 Å². The van der Waals surface area contributed by atoms with Crippen LogP contribution in [0.5, 0.6) is 0 Å². The number of hydrogen-bond donors (Lipinski definition) is 0. The smallest absolute Gasteiger partial charge is 0.657 e. The molecule has 0 fully saturated rings. The van der Waals surface area contributed by atoms with E-state index in [1.165, 1.54) is 0 Å². The van der Waals surface area contributed by atoms with E-state index in [0.717, 1.165) is 83.9 Å². The zero-order valence-corrected chi connectivity index (χ0v) is 30.7. The Balaban J connectivity index is 0.00000374. The van der Waals surface area contributed by atoms with E-state index in [9.17, 15) is 0 Å². The van der Waals surface area contributed by atoms with Crippen LogP contribution in [0.2, 0.25) is 0 Å². The fourth-order valence-corrected chi connectivity index (χ4v) is 6.52. The summed E-state index contributed by atoms with van der Waals surface area (Å²) in [6.07, 6.45) is 8.20. The van der Waals surface area contributed by atoms with Crippen molar-refractivity contribution in [2.45, 2.75) is 0 Å². The maximum absolute atomic E-state index is 5.45. The van der Waals surface area contributed by atoms with E-state index in [1.807, 2.05) is 103 Å². The van der Waals surface area contributed by atoms with E-state index in [2.05, 4.69) is 72.8 Å². The second kappa shape index (κ2) is 13.9. The summed E-state index contributed by atoms with van der Waals surface area (Å²) in [7, 11) is 0. The van der Waals surface area contributed by atoms with Gasteiger partial charge in [-0.25, -0.2) is 15.0 Å². The minimum atomic E-state index is 0. The molecule has 5 nitrogen and oxygen atoms in total. The molecule has 7 aromatic rings. The van der Waals surface area contributed by atoms with Crippen LogP contribution in [0.4, 0.5) is 5.69 Å². The third kappa shape index (κ3) is 6.34. The van der Waals surface area contributed by atoms with Crippen molar-refractivity contribution in [3.8, 4) is 22.3 Å². The number of aromatic nitrogens is 4. The summed E-state index contributed by atoms with van der Waals surface area (Å²) in [5.41, 5.74) is 13.9. The Morgan fingerprint density at radius 1 is 0.451 bits per heavy atom. The number of rotatable bonds is 5. The van der Waals surface area contributed by atoms with E-state index in [-0.39, 0.29) is 19.5 Å². The third-order valence-corrected chi connectivity index (χ3v) is 8.85. The molecular weight excluding hydrogens is 676 g/mol. The maximum Gasteiger partial charge on any atom is 2.00 e. The van der Waals surface area contributed by atoms with Gasteiger partial charge >= 0.3 is 19.5 Å². The van der Waals surface area contributed by atoms with E-state index in [4.69, 9.17) is 24.9 Å². The number of benzene rings is 4. The van der Waals surface area contributed by atoms with Gasteiger partial charge in [0.05, 0.1) is 34.2 Å². The average molecular weight is 705 g/mol. The molecule has 4 aromatic carbocycles. The first-order valence-electron chi connectivity index (χ1n) is 16.6. The summed E-state index contributed by atoms with van der Waals surface area (Å²) < 4.78 is 0. The maximum atomic E-state index is 5.45. The van der Waals surface area contributed by atoms with Crippen LogP contribution in [0.3, 0.4) is 0 Å². The number of aliphatic imine (C=N–C) groups is 1. The van der Waals surface area contributed by atoms with Gasteiger partial charge in [0, 0.05) is 11.1 Å². The normalized spacial score (nSPS) is 11.6. The van der Waals surface area contributed by atoms with Crippen molar-refractivity contribution in [2.24, 2.45) is 4.99 Å². The molecule has 0 amide bonds. The standard InChI is InChI=1S/C45H29N5.Zn/c1-5-13-30(14-6-1)42-36-23-21-34(46-36)29-35-22-24-37(47-35)43(31-15-7-2-8-16-31)39-26-28-41(49-39)45(40-27-25-38(42)48-40)50-44(32-17-9-3-10-18-32)33-19-11-4-12-20-33;/h1-29H;/q-2;+2. The first kappa shape index (κ1) is 32.0. The van der Waals surface area contributed by atoms with Gasteiger partial charge in [0.2, 0.25) is 0 Å². The van der Waals surface area contributed by atoms with Gasteiger partial charge in [0.25, 0.3) is 0 Å². The van der Waals surface area contributed by atoms with Gasteiger partial charge in [-0.1, -0.05) is 152 Å². The molecular formula is C45H29N5Zn. The molecule has 2 aliphatic heterocycles. The Morgan fingerprint density at radius 2 is 0.941 bits per heavy atom. The van der Waals surface area contributed by atoms with Crippen molar-refractivity contribution in [2.75, 3.05) is 0 Å². The van der Waals surface area contributed by atoms with Crippen molar-refractivity contribution in [1.82, 2.24) is 19.9 Å². The van der Waals surface area contributed by atoms with Crippen LogP contribution in [-0.2, 0) is 19.5 Å². The summed E-state index contributed by atoms with van der Waals surface area (Å²) in [5, 5.41) is 0. The molecule has 51 heavy (non-hydrogen) atoms. The first-order valence-corrected chi connectivity index (χ1v) is 16.6. The van der Waals surface area contributed by atoms with Gasteiger partial charge < -0.3 is 9.97 Å². The molecule has 9 rings (SSSR count). The fourth-order valence-electron chi connectivity index (χ4n) is 6.52. The summed E-state index contributed by atoms with van der Waals surface area (Å²) in [6, 6.07) is 51.4. The summed E-state index contributed by atoms with van der Waals surface area (Å²) in [6.45, 7) is 0. The Bertz CT molecular complexity index is 2540. The first-order chi connectivity index (χ1) is 24.8. The number of hydrogen-bond acceptors (Lipinski definition) is 3. The van der Waals surface area contributed by atoms with Gasteiger partial charge in [-0.2, -0.15) is 0 Å². The minimum Gasteiger partial charge on any atom is -0.657 e. The zero-order chi connectivity index (χ0) is 33.3. The molecule has 2 aliphatic rings. The van der Waals surface area contributed by atoms with E-state index < -0.39 is 0 Å². The predicted molar refractivity (Wildman–Crippen MR) is 206 cm³/mol. The number of fused-ring (bicyclic) bond motifs is 8. The molecule has 0 spiro atoms. The van der Waals surface area contributed by atoms with Crippen LogP contribution in [0.25, 0.3) is 68.6 Å². The molecule has 0 saturated heterocycles. The van der Waals surface area contributed by atoms with Crippen molar-refractivity contribution in [3.05, 3.63) is 186 Å². The zero-order valence-electron chi connectivity index (χ0n) is 27.7. The van der Waals surface area contributed by atoms with Crippen LogP contribution in [0.1, 0.15) is 33.9 Å². The van der Waals surface area contributed by atoms with Crippen molar-refractivity contribution >= 4 is 57.8 Å². The Hall–Kier alpha value is -6.23. The van der Waals surface area contributed by atoms with Crippen LogP contribution in [0.15, 0.2) is 157 Å². The summed E-state index contributed by atoms with van der Waals surface area (Å²) in [4.78, 5) is 26.2. The molecule has 0 radical (unpaired) electrons. The van der Waals surface area contributed by atoms with Crippen LogP contribution >= 0.6 is 0 Å². The molecule has 0 unspecified atom stereocenters. The molecule has 8 bridgehead atoms. The largest absolute Gasteiger partial charge is 2.00 e.